The summed E-state index contributed by atoms with van der Waals surface area (Å²) in [6, 6.07) is 9.42. The number of halogens is 1. The van der Waals surface area contributed by atoms with E-state index in [0.717, 1.165) is 0 Å². The van der Waals surface area contributed by atoms with Gasteiger partial charge in [0.1, 0.15) is 0 Å². The number of aromatic nitrogens is 3. The maximum absolute atomic E-state index is 13.9. The Morgan fingerprint density at radius 3 is 2.43 bits per heavy atom. The SMILES string of the molecule is COc1ccc(-c2cnnn2-c2ccc(OC)c(F)c2)cc1O. The second-order valence-electron chi connectivity index (χ2n) is 4.74. The minimum Gasteiger partial charge on any atom is -0.504 e. The molecule has 0 saturated heterocycles. The highest BCUT2D eigenvalue weighted by atomic mass is 19.1. The molecule has 0 unspecified atom stereocenters. The van der Waals surface area contributed by atoms with Crippen LogP contribution in [0.5, 0.6) is 17.2 Å². The highest BCUT2D eigenvalue weighted by Crippen LogP contribution is 2.32. The van der Waals surface area contributed by atoms with Crippen molar-refractivity contribution in [1.29, 1.82) is 0 Å². The molecular formula is C16H14FN3O3. The van der Waals surface area contributed by atoms with Crippen LogP contribution < -0.4 is 9.47 Å². The number of ether oxygens (including phenoxy) is 2. The van der Waals surface area contributed by atoms with Gasteiger partial charge in [-0.05, 0) is 30.3 Å². The number of nitrogens with zero attached hydrogens (tertiary/aromatic N) is 3. The molecule has 0 aliphatic rings. The minimum absolute atomic E-state index is 0.00124. The lowest BCUT2D eigenvalue weighted by atomic mass is 10.1. The maximum Gasteiger partial charge on any atom is 0.167 e. The molecule has 1 aromatic heterocycles. The van der Waals surface area contributed by atoms with Gasteiger partial charge in [0.15, 0.2) is 23.1 Å². The first-order valence-corrected chi connectivity index (χ1v) is 6.76. The monoisotopic (exact) mass is 315 g/mol. The van der Waals surface area contributed by atoms with E-state index in [4.69, 9.17) is 9.47 Å². The molecule has 0 radical (unpaired) electrons. The fourth-order valence-electron chi connectivity index (χ4n) is 2.26. The van der Waals surface area contributed by atoms with Crippen molar-refractivity contribution in [2.75, 3.05) is 14.2 Å². The Labute approximate surface area is 131 Å². The van der Waals surface area contributed by atoms with Crippen LogP contribution in [0.25, 0.3) is 16.9 Å². The van der Waals surface area contributed by atoms with Gasteiger partial charge in [-0.1, -0.05) is 5.21 Å². The molecule has 0 bridgehead atoms. The average molecular weight is 315 g/mol. The Hall–Kier alpha value is -3.09. The van der Waals surface area contributed by atoms with Crippen LogP contribution >= 0.6 is 0 Å². The van der Waals surface area contributed by atoms with Gasteiger partial charge in [0, 0.05) is 11.6 Å². The molecule has 118 valence electrons. The topological polar surface area (TPSA) is 69.4 Å². The number of rotatable bonds is 4. The summed E-state index contributed by atoms with van der Waals surface area (Å²) in [7, 11) is 2.87. The van der Waals surface area contributed by atoms with Gasteiger partial charge in [0.05, 0.1) is 31.8 Å². The molecule has 0 aliphatic carbocycles. The van der Waals surface area contributed by atoms with Crippen molar-refractivity contribution in [3.05, 3.63) is 48.4 Å². The Kier molecular flexibility index (Phi) is 3.84. The normalized spacial score (nSPS) is 10.6. The van der Waals surface area contributed by atoms with Crippen molar-refractivity contribution < 1.29 is 19.0 Å². The Morgan fingerprint density at radius 1 is 1.04 bits per heavy atom. The summed E-state index contributed by atoms with van der Waals surface area (Å²) in [4.78, 5) is 0. The van der Waals surface area contributed by atoms with Gasteiger partial charge in [-0.15, -0.1) is 5.10 Å². The molecule has 0 spiro atoms. The summed E-state index contributed by atoms with van der Waals surface area (Å²) in [6.45, 7) is 0. The maximum atomic E-state index is 13.9. The van der Waals surface area contributed by atoms with Crippen molar-refractivity contribution in [2.45, 2.75) is 0 Å². The number of phenols is 1. The predicted molar refractivity (Wildman–Crippen MR) is 81.5 cm³/mol. The molecule has 1 heterocycles. The highest BCUT2D eigenvalue weighted by molar-refractivity contribution is 5.65. The van der Waals surface area contributed by atoms with Crippen LogP contribution in [0.4, 0.5) is 4.39 Å². The van der Waals surface area contributed by atoms with E-state index in [1.165, 1.54) is 43.3 Å². The highest BCUT2D eigenvalue weighted by Gasteiger charge is 2.13. The van der Waals surface area contributed by atoms with Gasteiger partial charge in [-0.2, -0.15) is 0 Å². The van der Waals surface area contributed by atoms with Crippen molar-refractivity contribution in [2.24, 2.45) is 0 Å². The summed E-state index contributed by atoms with van der Waals surface area (Å²) in [6.07, 6.45) is 1.53. The molecule has 6 nitrogen and oxygen atoms in total. The van der Waals surface area contributed by atoms with E-state index in [0.29, 0.717) is 22.7 Å². The number of hydrogen-bond donors (Lipinski definition) is 1. The Morgan fingerprint density at radius 2 is 1.78 bits per heavy atom. The lowest BCUT2D eigenvalue weighted by molar-refractivity contribution is 0.373. The summed E-state index contributed by atoms with van der Waals surface area (Å²) in [5.74, 6) is 0.0171. The van der Waals surface area contributed by atoms with Crippen LogP contribution in [-0.2, 0) is 0 Å². The first-order valence-electron chi connectivity index (χ1n) is 6.76. The second kappa shape index (κ2) is 5.96. The molecule has 2 aromatic carbocycles. The average Bonchev–Trinajstić information content (AvgIpc) is 3.04. The van der Waals surface area contributed by atoms with E-state index >= 15 is 0 Å². The Balaban J connectivity index is 2.06. The Bertz CT molecular complexity index is 780. The smallest absolute Gasteiger partial charge is 0.167 e. The number of benzene rings is 2. The van der Waals surface area contributed by atoms with Crippen LogP contribution in [0.1, 0.15) is 0 Å². The van der Waals surface area contributed by atoms with E-state index in [-0.39, 0.29) is 11.5 Å². The molecule has 3 rings (SSSR count). The number of aromatic hydroxyl groups is 1. The first kappa shape index (κ1) is 14.8. The van der Waals surface area contributed by atoms with Crippen molar-refractivity contribution in [1.82, 2.24) is 15.0 Å². The van der Waals surface area contributed by atoms with E-state index < -0.39 is 5.82 Å². The summed E-state index contributed by atoms with van der Waals surface area (Å²) in [5, 5.41) is 17.8. The van der Waals surface area contributed by atoms with Crippen LogP contribution in [-0.4, -0.2) is 34.3 Å². The van der Waals surface area contributed by atoms with Crippen LogP contribution in [0.15, 0.2) is 42.6 Å². The molecule has 7 heteroatoms. The van der Waals surface area contributed by atoms with E-state index in [1.807, 2.05) is 0 Å². The largest absolute Gasteiger partial charge is 0.504 e. The van der Waals surface area contributed by atoms with Crippen molar-refractivity contribution in [3.8, 4) is 34.2 Å². The zero-order chi connectivity index (χ0) is 16.4. The third-order valence-electron chi connectivity index (χ3n) is 3.40. The molecule has 0 saturated carbocycles. The molecule has 23 heavy (non-hydrogen) atoms. The fourth-order valence-corrected chi connectivity index (χ4v) is 2.26. The molecular weight excluding hydrogens is 301 g/mol. The van der Waals surface area contributed by atoms with Crippen LogP contribution in [0.2, 0.25) is 0 Å². The standard InChI is InChI=1S/C16H14FN3O3/c1-22-15-6-4-11(8-12(15)17)20-13(9-18-19-20)10-3-5-16(23-2)14(21)7-10/h3-9,21H,1-2H3. The van der Waals surface area contributed by atoms with Gasteiger partial charge >= 0.3 is 0 Å². The zero-order valence-electron chi connectivity index (χ0n) is 12.5. The second-order valence-corrected chi connectivity index (χ2v) is 4.74. The molecule has 1 N–H and O–H groups in total. The molecule has 0 fully saturated rings. The zero-order valence-corrected chi connectivity index (χ0v) is 12.5. The summed E-state index contributed by atoms with van der Waals surface area (Å²) >= 11 is 0. The third kappa shape index (κ3) is 2.68. The molecule has 0 aliphatic heterocycles. The lowest BCUT2D eigenvalue weighted by Gasteiger charge is -2.09. The van der Waals surface area contributed by atoms with Gasteiger partial charge in [-0.3, -0.25) is 0 Å². The van der Waals surface area contributed by atoms with Crippen LogP contribution in [0.3, 0.4) is 0 Å². The minimum atomic E-state index is -0.496. The number of phenolic OH excluding ortho intramolecular Hbond substituents is 1. The molecule has 0 amide bonds. The lowest BCUT2D eigenvalue weighted by Crippen LogP contribution is -2.01. The summed E-state index contributed by atoms with van der Waals surface area (Å²) in [5.41, 5.74) is 1.77. The third-order valence-corrected chi connectivity index (χ3v) is 3.40. The fraction of sp³-hybridized carbons (Fsp3) is 0.125. The van der Waals surface area contributed by atoms with Crippen molar-refractivity contribution in [3.63, 3.8) is 0 Å². The van der Waals surface area contributed by atoms with E-state index in [1.54, 1.807) is 18.2 Å². The van der Waals surface area contributed by atoms with E-state index in [9.17, 15) is 9.50 Å². The predicted octanol–water partition coefficient (Wildman–Crippen LogP) is 2.80. The molecule has 3 aromatic rings. The molecule has 0 atom stereocenters. The number of methoxy groups -OCH3 is 2. The first-order chi connectivity index (χ1) is 11.1. The quantitative estimate of drug-likeness (QED) is 0.802. The van der Waals surface area contributed by atoms with Gasteiger partial charge < -0.3 is 14.6 Å². The number of hydrogen-bond acceptors (Lipinski definition) is 5. The van der Waals surface area contributed by atoms with Crippen LogP contribution in [0, 0.1) is 5.82 Å². The van der Waals surface area contributed by atoms with E-state index in [2.05, 4.69) is 10.3 Å². The van der Waals surface area contributed by atoms with Gasteiger partial charge in [-0.25, -0.2) is 9.07 Å². The van der Waals surface area contributed by atoms with Crippen molar-refractivity contribution >= 4 is 0 Å². The summed E-state index contributed by atoms with van der Waals surface area (Å²) < 4.78 is 25.3. The van der Waals surface area contributed by atoms with Gasteiger partial charge in [0.25, 0.3) is 0 Å². The van der Waals surface area contributed by atoms with Gasteiger partial charge in [0.2, 0.25) is 0 Å².